The second kappa shape index (κ2) is 5.41. The molecule has 0 spiro atoms. The van der Waals surface area contributed by atoms with Crippen LogP contribution < -0.4 is 4.72 Å². The number of nitrogens with one attached hydrogen (secondary N) is 2. The van der Waals surface area contributed by atoms with E-state index < -0.39 is 16.0 Å². The van der Waals surface area contributed by atoms with Crippen LogP contribution >= 0.6 is 27.3 Å². The number of thiophene rings is 1. The molecule has 0 aliphatic heterocycles. The number of hydrogen-bond donors (Lipinski definition) is 3. The lowest BCUT2D eigenvalue weighted by Gasteiger charge is -2.03. The van der Waals surface area contributed by atoms with Gasteiger partial charge in [0.25, 0.3) is 0 Å². The third-order valence-corrected chi connectivity index (χ3v) is 5.78. The standard InChI is InChI=1S/C9H8BrN3O4S2/c10-8-6(3-5(18-8)9(14)15)19(16,17)13-4-7-11-1-2-12-7/h1-3,13H,4H2,(H,11,12)(H,14,15). The minimum Gasteiger partial charge on any atom is -0.477 e. The van der Waals surface area contributed by atoms with Gasteiger partial charge in [0, 0.05) is 12.4 Å². The van der Waals surface area contributed by atoms with E-state index in [0.717, 1.165) is 17.4 Å². The van der Waals surface area contributed by atoms with Crippen molar-refractivity contribution in [2.45, 2.75) is 11.4 Å². The summed E-state index contributed by atoms with van der Waals surface area (Å²) in [6.45, 7) is 0.0000246. The summed E-state index contributed by atoms with van der Waals surface area (Å²) < 4.78 is 26.6. The molecule has 102 valence electrons. The van der Waals surface area contributed by atoms with E-state index in [4.69, 9.17) is 5.11 Å². The summed E-state index contributed by atoms with van der Waals surface area (Å²) in [4.78, 5) is 17.3. The smallest absolute Gasteiger partial charge is 0.345 e. The predicted octanol–water partition coefficient (Wildman–Crippen LogP) is 1.41. The first-order valence-electron chi connectivity index (χ1n) is 4.90. The number of H-pyrrole nitrogens is 1. The fourth-order valence-corrected chi connectivity index (χ4v) is 4.67. The van der Waals surface area contributed by atoms with Crippen LogP contribution in [0, 0.1) is 0 Å². The number of carboxylic acids is 1. The molecule has 2 aromatic heterocycles. The van der Waals surface area contributed by atoms with E-state index in [0.29, 0.717) is 5.82 Å². The number of aromatic amines is 1. The summed E-state index contributed by atoms with van der Waals surface area (Å²) in [6.07, 6.45) is 3.08. The zero-order valence-corrected chi connectivity index (χ0v) is 12.5. The first-order chi connectivity index (χ1) is 8.90. The molecule has 0 amide bonds. The summed E-state index contributed by atoms with van der Waals surface area (Å²) in [5, 5.41) is 8.83. The molecule has 0 saturated heterocycles. The monoisotopic (exact) mass is 365 g/mol. The quantitative estimate of drug-likeness (QED) is 0.741. The van der Waals surface area contributed by atoms with Crippen LogP contribution in [0.5, 0.6) is 0 Å². The molecule has 0 saturated carbocycles. The molecule has 0 radical (unpaired) electrons. The van der Waals surface area contributed by atoms with Crippen LogP contribution in [0.1, 0.15) is 15.5 Å². The van der Waals surface area contributed by atoms with Crippen molar-refractivity contribution < 1.29 is 18.3 Å². The first kappa shape index (κ1) is 14.2. The van der Waals surface area contributed by atoms with Crippen molar-refractivity contribution in [2.75, 3.05) is 0 Å². The number of carbonyl (C=O) groups is 1. The molecule has 0 aliphatic carbocycles. The van der Waals surface area contributed by atoms with Crippen molar-refractivity contribution in [3.8, 4) is 0 Å². The molecule has 2 rings (SSSR count). The van der Waals surface area contributed by atoms with E-state index in [2.05, 4.69) is 30.6 Å². The van der Waals surface area contributed by atoms with Crippen molar-refractivity contribution in [2.24, 2.45) is 0 Å². The van der Waals surface area contributed by atoms with Gasteiger partial charge < -0.3 is 10.1 Å². The third-order valence-electron chi connectivity index (χ3n) is 2.14. The Morgan fingerprint density at radius 2 is 2.32 bits per heavy atom. The number of halogens is 1. The predicted molar refractivity (Wildman–Crippen MR) is 71.6 cm³/mol. The minimum absolute atomic E-state index is 0.0000246. The lowest BCUT2D eigenvalue weighted by atomic mass is 10.5. The van der Waals surface area contributed by atoms with Crippen LogP contribution in [-0.4, -0.2) is 29.5 Å². The first-order valence-corrected chi connectivity index (χ1v) is 8.00. The highest BCUT2D eigenvalue weighted by Gasteiger charge is 2.23. The number of aromatic carboxylic acids is 1. The Hall–Kier alpha value is -1.23. The maximum atomic E-state index is 12.0. The molecule has 3 N–H and O–H groups in total. The van der Waals surface area contributed by atoms with Crippen LogP contribution in [0.15, 0.2) is 27.1 Å². The molecule has 0 fully saturated rings. The van der Waals surface area contributed by atoms with E-state index in [-0.39, 0.29) is 20.1 Å². The van der Waals surface area contributed by atoms with Gasteiger partial charge in [0.1, 0.15) is 15.6 Å². The number of nitrogens with zero attached hydrogens (tertiary/aromatic N) is 1. The van der Waals surface area contributed by atoms with E-state index in [9.17, 15) is 13.2 Å². The maximum absolute atomic E-state index is 12.0. The number of imidazole rings is 1. The number of sulfonamides is 1. The highest BCUT2D eigenvalue weighted by atomic mass is 79.9. The van der Waals surface area contributed by atoms with Crippen LogP contribution in [0.2, 0.25) is 0 Å². The van der Waals surface area contributed by atoms with E-state index >= 15 is 0 Å². The van der Waals surface area contributed by atoms with Crippen molar-refractivity contribution >= 4 is 43.3 Å². The maximum Gasteiger partial charge on any atom is 0.345 e. The van der Waals surface area contributed by atoms with Gasteiger partial charge in [-0.3, -0.25) is 0 Å². The van der Waals surface area contributed by atoms with Gasteiger partial charge in [-0.15, -0.1) is 11.3 Å². The second-order valence-electron chi connectivity index (χ2n) is 3.41. The summed E-state index contributed by atoms with van der Waals surface area (Å²) in [6, 6.07) is 1.11. The normalized spacial score (nSPS) is 11.6. The Morgan fingerprint density at radius 3 is 2.84 bits per heavy atom. The van der Waals surface area contributed by atoms with Crippen LogP contribution in [-0.2, 0) is 16.6 Å². The topological polar surface area (TPSA) is 112 Å². The lowest BCUT2D eigenvalue weighted by Crippen LogP contribution is -2.23. The Balaban J connectivity index is 2.22. The van der Waals surface area contributed by atoms with Gasteiger partial charge in [-0.25, -0.2) is 22.9 Å². The summed E-state index contributed by atoms with van der Waals surface area (Å²) in [7, 11) is -3.79. The number of rotatable bonds is 5. The van der Waals surface area contributed by atoms with Gasteiger partial charge in [0.05, 0.1) is 10.3 Å². The number of carboxylic acid groups (broad SMARTS) is 1. The van der Waals surface area contributed by atoms with Crippen LogP contribution in [0.25, 0.3) is 0 Å². The molecule has 2 heterocycles. The average molecular weight is 366 g/mol. The number of hydrogen-bond acceptors (Lipinski definition) is 5. The molecule has 2 aromatic rings. The highest BCUT2D eigenvalue weighted by Crippen LogP contribution is 2.31. The molecular weight excluding hydrogens is 358 g/mol. The Bertz CT molecular complexity index is 693. The van der Waals surface area contributed by atoms with Gasteiger partial charge in [0.15, 0.2) is 0 Å². The zero-order valence-electron chi connectivity index (χ0n) is 9.25. The zero-order chi connectivity index (χ0) is 14.0. The van der Waals surface area contributed by atoms with Gasteiger partial charge >= 0.3 is 5.97 Å². The Morgan fingerprint density at radius 1 is 1.58 bits per heavy atom. The molecule has 0 unspecified atom stereocenters. The van der Waals surface area contributed by atoms with E-state index in [1.54, 1.807) is 6.20 Å². The molecule has 0 aromatic carbocycles. The fourth-order valence-electron chi connectivity index (χ4n) is 1.28. The van der Waals surface area contributed by atoms with Crippen molar-refractivity contribution in [1.82, 2.24) is 14.7 Å². The molecular formula is C9H8BrN3O4S2. The number of aromatic nitrogens is 2. The molecule has 7 nitrogen and oxygen atoms in total. The van der Waals surface area contributed by atoms with Gasteiger partial charge in [-0.05, 0) is 22.0 Å². The largest absolute Gasteiger partial charge is 0.477 e. The fraction of sp³-hybridized carbons (Fsp3) is 0.111. The van der Waals surface area contributed by atoms with Crippen molar-refractivity contribution in [3.05, 3.63) is 32.9 Å². The Labute approximate surface area is 120 Å². The van der Waals surface area contributed by atoms with Gasteiger partial charge in [-0.1, -0.05) is 0 Å². The van der Waals surface area contributed by atoms with E-state index in [1.165, 1.54) is 6.20 Å². The van der Waals surface area contributed by atoms with Gasteiger partial charge in [0.2, 0.25) is 10.0 Å². The SMILES string of the molecule is O=C(O)c1cc(S(=O)(=O)NCc2ncc[nH]2)c(Br)s1. The Kier molecular flexibility index (Phi) is 4.04. The molecule has 19 heavy (non-hydrogen) atoms. The summed E-state index contributed by atoms with van der Waals surface area (Å²) >= 11 is 3.90. The summed E-state index contributed by atoms with van der Waals surface area (Å²) in [5.41, 5.74) is 0. The summed E-state index contributed by atoms with van der Waals surface area (Å²) in [5.74, 6) is -0.702. The van der Waals surface area contributed by atoms with Gasteiger partial charge in [-0.2, -0.15) is 0 Å². The van der Waals surface area contributed by atoms with E-state index in [1.807, 2.05) is 0 Å². The highest BCUT2D eigenvalue weighted by molar-refractivity contribution is 9.11. The van der Waals surface area contributed by atoms with Crippen molar-refractivity contribution in [1.29, 1.82) is 0 Å². The van der Waals surface area contributed by atoms with Crippen LogP contribution in [0.4, 0.5) is 0 Å². The second-order valence-corrected chi connectivity index (χ2v) is 7.52. The molecule has 10 heteroatoms. The molecule has 0 bridgehead atoms. The van der Waals surface area contributed by atoms with Crippen LogP contribution in [0.3, 0.4) is 0 Å². The third kappa shape index (κ3) is 3.21. The average Bonchev–Trinajstić information content (AvgIpc) is 2.95. The molecule has 0 atom stereocenters. The van der Waals surface area contributed by atoms with Crippen molar-refractivity contribution in [3.63, 3.8) is 0 Å². The lowest BCUT2D eigenvalue weighted by molar-refractivity contribution is 0.0702. The minimum atomic E-state index is -3.79. The molecule has 0 aliphatic rings.